The Balaban J connectivity index is 1.95. The molecule has 6 heteroatoms. The summed E-state index contributed by atoms with van der Waals surface area (Å²) in [5, 5.41) is 19.9. The number of piperidine rings is 1. The van der Waals surface area contributed by atoms with Crippen molar-refractivity contribution >= 4 is 11.8 Å². The molecule has 1 saturated heterocycles. The third kappa shape index (κ3) is 2.73. The first-order chi connectivity index (χ1) is 11.5. The number of aliphatic hydroxyl groups excluding tert-OH is 1. The minimum absolute atomic E-state index is 0.0818. The van der Waals surface area contributed by atoms with Gasteiger partial charge in [-0.05, 0) is 38.7 Å². The smallest absolute Gasteiger partial charge is 0.339 e. The molecule has 128 valence electrons. The van der Waals surface area contributed by atoms with E-state index < -0.39 is 5.97 Å². The molecule has 2 heterocycles. The Morgan fingerprint density at radius 2 is 2.25 bits per heavy atom. The molecule has 2 aliphatic rings. The summed E-state index contributed by atoms with van der Waals surface area (Å²) >= 11 is 0. The molecule has 1 N–H and O–H groups in total. The number of nitriles is 1. The Kier molecular flexibility index (Phi) is 4.46. The van der Waals surface area contributed by atoms with Crippen LogP contribution in [-0.2, 0) is 4.74 Å². The van der Waals surface area contributed by atoms with Crippen molar-refractivity contribution in [1.82, 2.24) is 4.98 Å². The molecule has 0 amide bonds. The molecule has 1 aliphatic heterocycles. The molecule has 0 radical (unpaired) electrons. The Bertz CT molecular complexity index is 697. The SMILES string of the molecule is COC(=O)c1cc(C#N)c(N2CCC[C@@]3(CCC[C@H]3O)C2)nc1C. The van der Waals surface area contributed by atoms with Crippen molar-refractivity contribution in [3.63, 3.8) is 0 Å². The van der Waals surface area contributed by atoms with E-state index >= 15 is 0 Å². The number of anilines is 1. The molecule has 1 aliphatic carbocycles. The number of rotatable bonds is 2. The minimum Gasteiger partial charge on any atom is -0.465 e. The molecule has 1 aromatic heterocycles. The quantitative estimate of drug-likeness (QED) is 0.837. The molecule has 1 aromatic rings. The van der Waals surface area contributed by atoms with Crippen LogP contribution in [0.5, 0.6) is 0 Å². The van der Waals surface area contributed by atoms with E-state index in [1.54, 1.807) is 13.0 Å². The summed E-state index contributed by atoms with van der Waals surface area (Å²) in [7, 11) is 1.32. The van der Waals surface area contributed by atoms with Gasteiger partial charge in [-0.2, -0.15) is 5.26 Å². The summed E-state index contributed by atoms with van der Waals surface area (Å²) in [6.07, 6.45) is 4.64. The van der Waals surface area contributed by atoms with Gasteiger partial charge < -0.3 is 14.7 Å². The second-order valence-electron chi connectivity index (χ2n) is 6.89. The van der Waals surface area contributed by atoms with Gasteiger partial charge in [0.05, 0.1) is 30.0 Å². The van der Waals surface area contributed by atoms with E-state index in [1.807, 2.05) is 0 Å². The molecule has 1 spiro atoms. The second-order valence-corrected chi connectivity index (χ2v) is 6.89. The fraction of sp³-hybridized carbons (Fsp3) is 0.611. The molecule has 0 unspecified atom stereocenters. The van der Waals surface area contributed by atoms with Gasteiger partial charge in [0.15, 0.2) is 0 Å². The monoisotopic (exact) mass is 329 g/mol. The van der Waals surface area contributed by atoms with E-state index in [9.17, 15) is 15.2 Å². The zero-order valence-corrected chi connectivity index (χ0v) is 14.2. The number of aromatic nitrogens is 1. The fourth-order valence-corrected chi connectivity index (χ4v) is 4.17. The van der Waals surface area contributed by atoms with Crippen LogP contribution < -0.4 is 4.90 Å². The standard InChI is InChI=1S/C18H23N3O3/c1-12-14(17(23)24-2)9-13(10-19)16(20-12)21-8-4-7-18(11-21)6-3-5-15(18)22/h9,15,22H,3-8,11H2,1-2H3/t15-,18+/m1/s1. The summed E-state index contributed by atoms with van der Waals surface area (Å²) in [6, 6.07) is 3.72. The topological polar surface area (TPSA) is 86.5 Å². The summed E-state index contributed by atoms with van der Waals surface area (Å²) in [4.78, 5) is 18.5. The lowest BCUT2D eigenvalue weighted by molar-refractivity contribution is 0.0407. The fourth-order valence-electron chi connectivity index (χ4n) is 4.17. The second kappa shape index (κ2) is 6.40. The number of nitrogens with zero attached hydrogens (tertiary/aromatic N) is 3. The molecule has 24 heavy (non-hydrogen) atoms. The number of methoxy groups -OCH3 is 1. The van der Waals surface area contributed by atoms with Gasteiger partial charge in [-0.15, -0.1) is 0 Å². The van der Waals surface area contributed by atoms with Crippen LogP contribution in [0.2, 0.25) is 0 Å². The van der Waals surface area contributed by atoms with E-state index in [1.165, 1.54) is 7.11 Å². The highest BCUT2D eigenvalue weighted by atomic mass is 16.5. The van der Waals surface area contributed by atoms with Gasteiger partial charge in [0, 0.05) is 18.5 Å². The molecule has 6 nitrogen and oxygen atoms in total. The number of esters is 1. The number of ether oxygens (including phenoxy) is 1. The molecule has 2 fully saturated rings. The normalized spacial score (nSPS) is 26.4. The van der Waals surface area contributed by atoms with E-state index in [0.717, 1.165) is 38.6 Å². The number of aliphatic hydroxyl groups is 1. The summed E-state index contributed by atoms with van der Waals surface area (Å²) < 4.78 is 4.76. The Morgan fingerprint density at radius 1 is 1.50 bits per heavy atom. The highest BCUT2D eigenvalue weighted by Crippen LogP contribution is 2.46. The predicted molar refractivity (Wildman–Crippen MR) is 88.8 cm³/mol. The molecular formula is C18H23N3O3. The highest BCUT2D eigenvalue weighted by molar-refractivity contribution is 5.91. The largest absolute Gasteiger partial charge is 0.465 e. The van der Waals surface area contributed by atoms with Crippen LogP contribution in [0.3, 0.4) is 0 Å². The van der Waals surface area contributed by atoms with Crippen LogP contribution in [0.25, 0.3) is 0 Å². The van der Waals surface area contributed by atoms with Gasteiger partial charge in [0.1, 0.15) is 11.9 Å². The average molecular weight is 329 g/mol. The van der Waals surface area contributed by atoms with Crippen molar-refractivity contribution in [2.45, 2.75) is 45.1 Å². The maximum absolute atomic E-state index is 11.8. The molecule has 3 rings (SSSR count). The van der Waals surface area contributed by atoms with E-state index in [4.69, 9.17) is 4.74 Å². The minimum atomic E-state index is -0.482. The van der Waals surface area contributed by atoms with E-state index in [0.29, 0.717) is 29.2 Å². The number of carbonyl (C=O) groups excluding carboxylic acids is 1. The van der Waals surface area contributed by atoms with Gasteiger partial charge in [-0.25, -0.2) is 9.78 Å². The van der Waals surface area contributed by atoms with Gasteiger partial charge >= 0.3 is 5.97 Å². The van der Waals surface area contributed by atoms with Crippen LogP contribution in [0.1, 0.15) is 53.7 Å². The lowest BCUT2D eigenvalue weighted by Gasteiger charge is -2.43. The lowest BCUT2D eigenvalue weighted by Crippen LogP contribution is -2.47. The number of hydrogen-bond donors (Lipinski definition) is 1. The van der Waals surface area contributed by atoms with Gasteiger partial charge in [0.2, 0.25) is 0 Å². The van der Waals surface area contributed by atoms with E-state index in [2.05, 4.69) is 16.0 Å². The van der Waals surface area contributed by atoms with Crippen molar-refractivity contribution in [1.29, 1.82) is 5.26 Å². The van der Waals surface area contributed by atoms with Crippen LogP contribution in [0.15, 0.2) is 6.07 Å². The Hall–Kier alpha value is -2.13. The van der Waals surface area contributed by atoms with Crippen molar-refractivity contribution in [3.05, 3.63) is 22.9 Å². The third-order valence-electron chi connectivity index (χ3n) is 5.49. The van der Waals surface area contributed by atoms with Crippen LogP contribution in [-0.4, -0.2) is 42.4 Å². The summed E-state index contributed by atoms with van der Waals surface area (Å²) in [5.74, 6) is 0.130. The highest BCUT2D eigenvalue weighted by Gasteiger charge is 2.45. The first-order valence-electron chi connectivity index (χ1n) is 8.44. The van der Waals surface area contributed by atoms with Gasteiger partial charge in [0.25, 0.3) is 0 Å². The molecule has 0 aromatic carbocycles. The Labute approximate surface area is 142 Å². The van der Waals surface area contributed by atoms with E-state index in [-0.39, 0.29) is 11.5 Å². The first kappa shape index (κ1) is 16.7. The third-order valence-corrected chi connectivity index (χ3v) is 5.49. The van der Waals surface area contributed by atoms with Crippen LogP contribution >= 0.6 is 0 Å². The zero-order valence-electron chi connectivity index (χ0n) is 14.2. The lowest BCUT2D eigenvalue weighted by atomic mass is 9.76. The van der Waals surface area contributed by atoms with Crippen molar-refractivity contribution in [2.75, 3.05) is 25.1 Å². The van der Waals surface area contributed by atoms with Crippen LogP contribution in [0, 0.1) is 23.7 Å². The first-order valence-corrected chi connectivity index (χ1v) is 8.44. The molecule has 0 bridgehead atoms. The molecular weight excluding hydrogens is 306 g/mol. The number of carbonyl (C=O) groups is 1. The number of hydrogen-bond acceptors (Lipinski definition) is 6. The van der Waals surface area contributed by atoms with Crippen LogP contribution in [0.4, 0.5) is 5.82 Å². The van der Waals surface area contributed by atoms with Crippen molar-refractivity contribution in [3.8, 4) is 6.07 Å². The van der Waals surface area contributed by atoms with Gasteiger partial charge in [-0.3, -0.25) is 0 Å². The summed E-state index contributed by atoms with van der Waals surface area (Å²) in [6.45, 7) is 3.28. The van der Waals surface area contributed by atoms with Gasteiger partial charge in [-0.1, -0.05) is 6.42 Å². The zero-order chi connectivity index (χ0) is 17.3. The maximum Gasteiger partial charge on any atom is 0.339 e. The maximum atomic E-state index is 11.8. The average Bonchev–Trinajstić information content (AvgIpc) is 2.93. The number of pyridine rings is 1. The molecule has 2 atom stereocenters. The number of aryl methyl sites for hydroxylation is 1. The predicted octanol–water partition coefficient (Wildman–Crippen LogP) is 2.18. The van der Waals surface area contributed by atoms with Crippen molar-refractivity contribution in [2.24, 2.45) is 5.41 Å². The van der Waals surface area contributed by atoms with Crippen molar-refractivity contribution < 1.29 is 14.6 Å². The summed E-state index contributed by atoms with van der Waals surface area (Å²) in [5.41, 5.74) is 1.18. The molecule has 1 saturated carbocycles. The Morgan fingerprint density at radius 3 is 2.88 bits per heavy atom.